The van der Waals surface area contributed by atoms with Gasteiger partial charge in [0.25, 0.3) is 0 Å². The molecule has 0 aliphatic carbocycles. The van der Waals surface area contributed by atoms with E-state index in [0.29, 0.717) is 5.56 Å². The third kappa shape index (κ3) is 3.98. The lowest BCUT2D eigenvalue weighted by molar-refractivity contribution is 0.102. The first-order chi connectivity index (χ1) is 10.1. The molecule has 0 aromatic heterocycles. The Morgan fingerprint density at radius 1 is 1.14 bits per heavy atom. The quantitative estimate of drug-likeness (QED) is 0.600. The molecule has 0 saturated heterocycles. The van der Waals surface area contributed by atoms with Crippen molar-refractivity contribution in [3.05, 3.63) is 53.8 Å². The summed E-state index contributed by atoms with van der Waals surface area (Å²) in [7, 11) is 2.98. The van der Waals surface area contributed by atoms with Gasteiger partial charge >= 0.3 is 0 Å². The van der Waals surface area contributed by atoms with E-state index in [-0.39, 0.29) is 17.3 Å². The van der Waals surface area contributed by atoms with Gasteiger partial charge in [-0.25, -0.2) is 4.39 Å². The van der Waals surface area contributed by atoms with E-state index in [9.17, 15) is 9.18 Å². The second-order valence-corrected chi connectivity index (χ2v) is 5.29. The lowest BCUT2D eigenvalue weighted by atomic mass is 10.1. The van der Waals surface area contributed by atoms with E-state index in [1.807, 2.05) is 24.3 Å². The Bertz CT molecular complexity index is 643. The number of hydrogen-bond donors (Lipinski definition) is 0. The number of carbonyl (C=O) groups is 1. The van der Waals surface area contributed by atoms with Gasteiger partial charge < -0.3 is 9.47 Å². The van der Waals surface area contributed by atoms with Gasteiger partial charge in [0.1, 0.15) is 5.75 Å². The van der Waals surface area contributed by atoms with Crippen molar-refractivity contribution in [3.8, 4) is 11.5 Å². The van der Waals surface area contributed by atoms with Crippen LogP contribution in [0, 0.1) is 5.82 Å². The number of hydrogen-bond acceptors (Lipinski definition) is 4. The Labute approximate surface area is 127 Å². The number of carbonyl (C=O) groups excluding carboxylic acids is 1. The molecule has 3 nitrogen and oxygen atoms in total. The fourth-order valence-corrected chi connectivity index (χ4v) is 2.60. The average molecular weight is 306 g/mol. The van der Waals surface area contributed by atoms with Gasteiger partial charge in [0.05, 0.1) is 20.0 Å². The molecule has 5 heteroatoms. The summed E-state index contributed by atoms with van der Waals surface area (Å²) in [4.78, 5) is 13.0. The molecule has 0 unspecified atom stereocenters. The lowest BCUT2D eigenvalue weighted by Crippen LogP contribution is -2.03. The maximum Gasteiger partial charge on any atom is 0.173 e. The summed E-state index contributed by atoms with van der Waals surface area (Å²) >= 11 is 1.39. The van der Waals surface area contributed by atoms with Crippen LogP contribution in [0.1, 0.15) is 10.4 Å². The molecule has 0 amide bonds. The first kappa shape index (κ1) is 15.4. The number of Topliss-reactive ketones (excluding diaryl/α,β-unsaturated/α-hetero) is 1. The Balaban J connectivity index is 2.02. The Hall–Kier alpha value is -2.01. The molecule has 110 valence electrons. The zero-order valence-electron chi connectivity index (χ0n) is 11.8. The fraction of sp³-hybridized carbons (Fsp3) is 0.188. The molecule has 0 aliphatic heterocycles. The van der Waals surface area contributed by atoms with E-state index in [1.54, 1.807) is 13.2 Å². The summed E-state index contributed by atoms with van der Waals surface area (Å²) in [5.41, 5.74) is 0.337. The van der Waals surface area contributed by atoms with Crippen LogP contribution >= 0.6 is 11.8 Å². The predicted octanol–water partition coefficient (Wildman–Crippen LogP) is 3.82. The van der Waals surface area contributed by atoms with Crippen molar-refractivity contribution in [3.63, 3.8) is 0 Å². The average Bonchev–Trinajstić information content (AvgIpc) is 2.52. The maximum absolute atomic E-state index is 13.6. The van der Waals surface area contributed by atoms with E-state index >= 15 is 0 Å². The normalized spacial score (nSPS) is 10.2. The van der Waals surface area contributed by atoms with Gasteiger partial charge in [0.15, 0.2) is 17.3 Å². The van der Waals surface area contributed by atoms with E-state index in [1.165, 1.54) is 31.0 Å². The number of halogens is 1. The van der Waals surface area contributed by atoms with E-state index in [0.717, 1.165) is 10.6 Å². The third-order valence-electron chi connectivity index (χ3n) is 2.88. The number of methoxy groups -OCH3 is 2. The molecule has 2 aromatic rings. The summed E-state index contributed by atoms with van der Waals surface area (Å²) < 4.78 is 23.5. The van der Waals surface area contributed by atoms with Crippen molar-refractivity contribution in [1.82, 2.24) is 0 Å². The summed E-state index contributed by atoms with van der Waals surface area (Å²) in [6.07, 6.45) is 0. The van der Waals surface area contributed by atoms with Crippen molar-refractivity contribution in [2.24, 2.45) is 0 Å². The van der Waals surface area contributed by atoms with Gasteiger partial charge in [-0.1, -0.05) is 6.07 Å². The summed E-state index contributed by atoms with van der Waals surface area (Å²) in [5, 5.41) is 0. The number of ketones is 1. The lowest BCUT2D eigenvalue weighted by Gasteiger charge is -2.06. The van der Waals surface area contributed by atoms with Gasteiger partial charge in [0.2, 0.25) is 0 Å². The van der Waals surface area contributed by atoms with Crippen molar-refractivity contribution < 1.29 is 18.7 Å². The van der Waals surface area contributed by atoms with Gasteiger partial charge in [-0.15, -0.1) is 11.8 Å². The standard InChI is InChI=1S/C16H15FO3S/c1-19-12-4-3-5-13(9-12)21-10-15(18)11-6-7-16(20-2)14(17)8-11/h3-9H,10H2,1-2H3. The molecular formula is C16H15FO3S. The van der Waals surface area contributed by atoms with E-state index < -0.39 is 5.82 Å². The smallest absolute Gasteiger partial charge is 0.173 e. The Morgan fingerprint density at radius 2 is 1.95 bits per heavy atom. The molecule has 0 spiro atoms. The van der Waals surface area contributed by atoms with Crippen LogP contribution in [0.3, 0.4) is 0 Å². The first-order valence-corrected chi connectivity index (χ1v) is 7.26. The molecule has 21 heavy (non-hydrogen) atoms. The highest BCUT2D eigenvalue weighted by atomic mass is 32.2. The number of rotatable bonds is 6. The largest absolute Gasteiger partial charge is 0.497 e. The number of ether oxygens (including phenoxy) is 2. The minimum Gasteiger partial charge on any atom is -0.497 e. The molecule has 2 rings (SSSR count). The highest BCUT2D eigenvalue weighted by molar-refractivity contribution is 8.00. The second kappa shape index (κ2) is 7.13. The molecule has 2 aromatic carbocycles. The highest BCUT2D eigenvalue weighted by Gasteiger charge is 2.11. The molecule has 0 heterocycles. The zero-order valence-corrected chi connectivity index (χ0v) is 12.6. The maximum atomic E-state index is 13.6. The molecule has 0 aliphatic rings. The minimum absolute atomic E-state index is 0.131. The summed E-state index contributed by atoms with van der Waals surface area (Å²) in [5.74, 6) is 0.438. The van der Waals surface area contributed by atoms with Crippen LogP contribution in [0.5, 0.6) is 11.5 Å². The van der Waals surface area contributed by atoms with E-state index in [4.69, 9.17) is 9.47 Å². The zero-order chi connectivity index (χ0) is 15.2. The molecule has 0 fully saturated rings. The van der Waals surface area contributed by atoms with Crippen LogP contribution in [-0.2, 0) is 0 Å². The van der Waals surface area contributed by atoms with Gasteiger partial charge in [-0.3, -0.25) is 4.79 Å². The molecule has 0 radical (unpaired) electrons. The molecule has 0 atom stereocenters. The van der Waals surface area contributed by atoms with Crippen LogP contribution in [0.2, 0.25) is 0 Å². The van der Waals surface area contributed by atoms with Crippen molar-refractivity contribution in [2.45, 2.75) is 4.90 Å². The first-order valence-electron chi connectivity index (χ1n) is 6.27. The Kier molecular flexibility index (Phi) is 5.22. The minimum atomic E-state index is -0.533. The van der Waals surface area contributed by atoms with E-state index in [2.05, 4.69) is 0 Å². The summed E-state index contributed by atoms with van der Waals surface area (Å²) in [6, 6.07) is 11.7. The van der Waals surface area contributed by atoms with Crippen LogP contribution in [0.15, 0.2) is 47.4 Å². The molecule has 0 saturated carbocycles. The topological polar surface area (TPSA) is 35.5 Å². The fourth-order valence-electron chi connectivity index (χ4n) is 1.76. The molecule has 0 bridgehead atoms. The van der Waals surface area contributed by atoms with Gasteiger partial charge in [-0.2, -0.15) is 0 Å². The SMILES string of the molecule is COc1cccc(SCC(=O)c2ccc(OC)c(F)c2)c1. The third-order valence-corrected chi connectivity index (χ3v) is 3.88. The second-order valence-electron chi connectivity index (χ2n) is 4.24. The van der Waals surface area contributed by atoms with Gasteiger partial charge in [0, 0.05) is 10.5 Å². The molecule has 0 N–H and O–H groups in total. The van der Waals surface area contributed by atoms with Crippen molar-refractivity contribution in [2.75, 3.05) is 20.0 Å². The van der Waals surface area contributed by atoms with Crippen LogP contribution in [0.25, 0.3) is 0 Å². The predicted molar refractivity (Wildman–Crippen MR) is 81.0 cm³/mol. The molecular weight excluding hydrogens is 291 g/mol. The number of benzene rings is 2. The highest BCUT2D eigenvalue weighted by Crippen LogP contribution is 2.24. The van der Waals surface area contributed by atoms with Crippen LogP contribution in [0.4, 0.5) is 4.39 Å². The van der Waals surface area contributed by atoms with Crippen molar-refractivity contribution >= 4 is 17.5 Å². The van der Waals surface area contributed by atoms with Crippen LogP contribution < -0.4 is 9.47 Å². The number of thioether (sulfide) groups is 1. The monoisotopic (exact) mass is 306 g/mol. The summed E-state index contributed by atoms with van der Waals surface area (Å²) in [6.45, 7) is 0. The van der Waals surface area contributed by atoms with Crippen molar-refractivity contribution in [1.29, 1.82) is 0 Å². The van der Waals surface area contributed by atoms with Gasteiger partial charge in [-0.05, 0) is 36.4 Å². The van der Waals surface area contributed by atoms with Crippen LogP contribution in [-0.4, -0.2) is 25.8 Å². The Morgan fingerprint density at radius 3 is 2.62 bits per heavy atom.